The van der Waals surface area contributed by atoms with E-state index in [0.717, 1.165) is 36.3 Å². The molecule has 1 atom stereocenters. The lowest BCUT2D eigenvalue weighted by molar-refractivity contribution is -0.143. The Hall–Kier alpha value is -2.85. The summed E-state index contributed by atoms with van der Waals surface area (Å²) < 4.78 is 6.20. The van der Waals surface area contributed by atoms with Crippen molar-refractivity contribution in [3.05, 3.63) is 77.9 Å². The molecule has 144 valence electrons. The maximum Gasteiger partial charge on any atom is 0.307 e. The molecule has 0 bridgehead atoms. The standard InChI is InChI=1S/C24H25NO3/c26-24(27)20-10-6-14-25(15-20)16-22-21-11-5-4-9-19(21)12-13-23(22)28-17-18-7-2-1-3-8-18/h1-5,7-9,11-13,20H,6,10,14-17H2,(H,26,27). The lowest BCUT2D eigenvalue weighted by Crippen LogP contribution is -2.38. The molecule has 0 spiro atoms. The second kappa shape index (κ2) is 8.44. The first-order chi connectivity index (χ1) is 13.7. The summed E-state index contributed by atoms with van der Waals surface area (Å²) in [6.45, 7) is 2.74. The van der Waals surface area contributed by atoms with Crippen LogP contribution in [0.5, 0.6) is 5.75 Å². The Bertz CT molecular complexity index is 954. The van der Waals surface area contributed by atoms with Crippen molar-refractivity contribution in [3.63, 3.8) is 0 Å². The van der Waals surface area contributed by atoms with Crippen LogP contribution in [0.1, 0.15) is 24.0 Å². The van der Waals surface area contributed by atoms with Gasteiger partial charge in [0.1, 0.15) is 12.4 Å². The van der Waals surface area contributed by atoms with Crippen molar-refractivity contribution in [3.8, 4) is 5.75 Å². The molecule has 1 unspecified atom stereocenters. The van der Waals surface area contributed by atoms with Crippen molar-refractivity contribution >= 4 is 16.7 Å². The van der Waals surface area contributed by atoms with Crippen LogP contribution < -0.4 is 4.74 Å². The number of carboxylic acid groups (broad SMARTS) is 1. The van der Waals surface area contributed by atoms with E-state index in [1.807, 2.05) is 36.4 Å². The van der Waals surface area contributed by atoms with Crippen molar-refractivity contribution in [1.29, 1.82) is 0 Å². The number of rotatable bonds is 6. The fourth-order valence-corrected chi connectivity index (χ4v) is 3.97. The van der Waals surface area contributed by atoms with Crippen LogP contribution in [0, 0.1) is 5.92 Å². The fraction of sp³-hybridized carbons (Fsp3) is 0.292. The molecule has 4 rings (SSSR count). The van der Waals surface area contributed by atoms with Crippen LogP contribution in [0.25, 0.3) is 10.8 Å². The highest BCUT2D eigenvalue weighted by molar-refractivity contribution is 5.87. The molecule has 3 aromatic carbocycles. The summed E-state index contributed by atoms with van der Waals surface area (Å²) in [5.74, 6) is -0.0967. The maximum atomic E-state index is 11.4. The monoisotopic (exact) mass is 375 g/mol. The number of likely N-dealkylation sites (tertiary alicyclic amines) is 1. The Kier molecular flexibility index (Phi) is 5.58. The van der Waals surface area contributed by atoms with E-state index in [-0.39, 0.29) is 5.92 Å². The van der Waals surface area contributed by atoms with Gasteiger partial charge in [0.15, 0.2) is 0 Å². The Morgan fingerprint density at radius 2 is 1.82 bits per heavy atom. The topological polar surface area (TPSA) is 49.8 Å². The van der Waals surface area contributed by atoms with Gasteiger partial charge in [-0.1, -0.05) is 60.7 Å². The van der Waals surface area contributed by atoms with E-state index in [9.17, 15) is 9.90 Å². The van der Waals surface area contributed by atoms with Gasteiger partial charge in [-0.05, 0) is 41.8 Å². The Morgan fingerprint density at radius 1 is 1.04 bits per heavy atom. The predicted molar refractivity (Wildman–Crippen MR) is 110 cm³/mol. The van der Waals surface area contributed by atoms with Gasteiger partial charge in [-0.3, -0.25) is 9.69 Å². The molecular weight excluding hydrogens is 350 g/mol. The average Bonchev–Trinajstić information content (AvgIpc) is 2.74. The quantitative estimate of drug-likeness (QED) is 0.678. The maximum absolute atomic E-state index is 11.4. The third-order valence-electron chi connectivity index (χ3n) is 5.47. The molecule has 3 aromatic rings. The molecule has 0 amide bonds. The lowest BCUT2D eigenvalue weighted by Gasteiger charge is -2.31. The second-order valence-electron chi connectivity index (χ2n) is 7.45. The average molecular weight is 375 g/mol. The summed E-state index contributed by atoms with van der Waals surface area (Å²) in [6.07, 6.45) is 1.68. The number of carbonyl (C=O) groups is 1. The highest BCUT2D eigenvalue weighted by Gasteiger charge is 2.26. The van der Waals surface area contributed by atoms with E-state index >= 15 is 0 Å². The Morgan fingerprint density at radius 3 is 2.64 bits per heavy atom. The fourth-order valence-electron chi connectivity index (χ4n) is 3.97. The molecule has 4 nitrogen and oxygen atoms in total. The van der Waals surface area contributed by atoms with Crippen LogP contribution in [0.15, 0.2) is 66.7 Å². The molecule has 1 aliphatic heterocycles. The van der Waals surface area contributed by atoms with Gasteiger partial charge in [0.2, 0.25) is 0 Å². The number of benzene rings is 3. The molecule has 4 heteroatoms. The minimum atomic E-state index is -0.692. The summed E-state index contributed by atoms with van der Waals surface area (Å²) in [6, 6.07) is 22.6. The zero-order valence-electron chi connectivity index (χ0n) is 15.9. The number of ether oxygens (including phenoxy) is 1. The second-order valence-corrected chi connectivity index (χ2v) is 7.45. The molecule has 28 heavy (non-hydrogen) atoms. The van der Waals surface area contributed by atoms with E-state index in [4.69, 9.17) is 4.74 Å². The summed E-state index contributed by atoms with van der Waals surface area (Å²) in [7, 11) is 0. The van der Waals surface area contributed by atoms with E-state index in [1.54, 1.807) is 0 Å². The summed E-state index contributed by atoms with van der Waals surface area (Å²) in [4.78, 5) is 13.7. The minimum absolute atomic E-state index is 0.280. The van der Waals surface area contributed by atoms with Crippen molar-refractivity contribution in [2.75, 3.05) is 13.1 Å². The van der Waals surface area contributed by atoms with Crippen molar-refractivity contribution in [2.24, 2.45) is 5.92 Å². The van der Waals surface area contributed by atoms with E-state index < -0.39 is 5.97 Å². The molecule has 0 aliphatic carbocycles. The third-order valence-corrected chi connectivity index (χ3v) is 5.47. The van der Waals surface area contributed by atoms with Crippen LogP contribution in [-0.4, -0.2) is 29.1 Å². The van der Waals surface area contributed by atoms with Gasteiger partial charge in [0, 0.05) is 18.7 Å². The van der Waals surface area contributed by atoms with Gasteiger partial charge >= 0.3 is 5.97 Å². The van der Waals surface area contributed by atoms with E-state index in [0.29, 0.717) is 19.7 Å². The first kappa shape index (κ1) is 18.5. The molecule has 1 heterocycles. The van der Waals surface area contributed by atoms with Crippen molar-refractivity contribution in [2.45, 2.75) is 26.0 Å². The first-order valence-electron chi connectivity index (χ1n) is 9.83. The normalized spacial score (nSPS) is 17.5. The summed E-state index contributed by atoms with van der Waals surface area (Å²) in [5, 5.41) is 11.8. The smallest absolute Gasteiger partial charge is 0.307 e. The largest absolute Gasteiger partial charge is 0.489 e. The molecule has 0 saturated carbocycles. The van der Waals surface area contributed by atoms with Gasteiger partial charge in [-0.15, -0.1) is 0 Å². The van der Waals surface area contributed by atoms with Gasteiger partial charge < -0.3 is 9.84 Å². The zero-order chi connectivity index (χ0) is 19.3. The number of hydrogen-bond acceptors (Lipinski definition) is 3. The highest BCUT2D eigenvalue weighted by atomic mass is 16.5. The number of hydrogen-bond donors (Lipinski definition) is 1. The minimum Gasteiger partial charge on any atom is -0.489 e. The van der Waals surface area contributed by atoms with Crippen molar-refractivity contribution in [1.82, 2.24) is 4.90 Å². The Labute approximate surface area is 165 Å². The number of aliphatic carboxylic acids is 1. The number of carboxylic acids is 1. The summed E-state index contributed by atoms with van der Waals surface area (Å²) >= 11 is 0. The molecule has 1 aliphatic rings. The first-order valence-corrected chi connectivity index (χ1v) is 9.83. The third kappa shape index (κ3) is 4.18. The van der Waals surface area contributed by atoms with Crippen LogP contribution >= 0.6 is 0 Å². The van der Waals surface area contributed by atoms with Gasteiger partial charge in [0.25, 0.3) is 0 Å². The molecular formula is C24H25NO3. The molecule has 0 aromatic heterocycles. The van der Waals surface area contributed by atoms with Crippen LogP contribution in [0.4, 0.5) is 0 Å². The lowest BCUT2D eigenvalue weighted by atomic mass is 9.96. The van der Waals surface area contributed by atoms with Gasteiger partial charge in [0.05, 0.1) is 5.92 Å². The van der Waals surface area contributed by atoms with Crippen LogP contribution in [-0.2, 0) is 17.9 Å². The highest BCUT2D eigenvalue weighted by Crippen LogP contribution is 2.31. The number of fused-ring (bicyclic) bond motifs is 1. The number of piperidine rings is 1. The van der Waals surface area contributed by atoms with Gasteiger partial charge in [-0.2, -0.15) is 0 Å². The SMILES string of the molecule is O=C(O)C1CCCN(Cc2c(OCc3ccccc3)ccc3ccccc23)C1. The zero-order valence-corrected chi connectivity index (χ0v) is 15.9. The summed E-state index contributed by atoms with van der Waals surface area (Å²) in [5.41, 5.74) is 2.27. The molecule has 1 N–H and O–H groups in total. The predicted octanol–water partition coefficient (Wildman–Crippen LogP) is 4.72. The van der Waals surface area contributed by atoms with E-state index in [2.05, 4.69) is 35.2 Å². The molecule has 1 saturated heterocycles. The molecule has 0 radical (unpaired) electrons. The van der Waals surface area contributed by atoms with Crippen LogP contribution in [0.2, 0.25) is 0 Å². The Balaban J connectivity index is 1.61. The van der Waals surface area contributed by atoms with Crippen LogP contribution in [0.3, 0.4) is 0 Å². The van der Waals surface area contributed by atoms with E-state index in [1.165, 1.54) is 10.8 Å². The number of nitrogens with zero attached hydrogens (tertiary/aromatic N) is 1. The van der Waals surface area contributed by atoms with Crippen molar-refractivity contribution < 1.29 is 14.6 Å². The molecule has 1 fully saturated rings. The van der Waals surface area contributed by atoms with Gasteiger partial charge in [-0.25, -0.2) is 0 Å².